The van der Waals surface area contributed by atoms with E-state index in [1.165, 1.54) is 12.1 Å². The quantitative estimate of drug-likeness (QED) is 0.827. The summed E-state index contributed by atoms with van der Waals surface area (Å²) in [6, 6.07) is 12.6. The van der Waals surface area contributed by atoms with E-state index in [2.05, 4.69) is 22.6 Å². The van der Waals surface area contributed by atoms with Gasteiger partial charge in [0.2, 0.25) is 0 Å². The molecule has 0 spiro atoms. The molecule has 0 aliphatic heterocycles. The van der Waals surface area contributed by atoms with Crippen molar-refractivity contribution in [2.24, 2.45) is 5.73 Å². The van der Waals surface area contributed by atoms with Crippen LogP contribution in [0.25, 0.3) is 0 Å². The molecule has 88 valence electrons. The summed E-state index contributed by atoms with van der Waals surface area (Å²) >= 11 is 2.24. The summed E-state index contributed by atoms with van der Waals surface area (Å²) < 4.78 is 14.5. The first kappa shape index (κ1) is 12.5. The maximum Gasteiger partial charge on any atom is 0.123 e. The van der Waals surface area contributed by atoms with Crippen molar-refractivity contribution in [3.63, 3.8) is 0 Å². The van der Waals surface area contributed by atoms with E-state index >= 15 is 0 Å². The fraction of sp³-hybridized carbons (Fsp3) is 0.143. The molecule has 2 aromatic carbocycles. The lowest BCUT2D eigenvalue weighted by molar-refractivity contribution is 0.622. The van der Waals surface area contributed by atoms with Crippen LogP contribution in [0.1, 0.15) is 22.7 Å². The van der Waals surface area contributed by atoms with Crippen LogP contribution in [-0.4, -0.2) is 0 Å². The van der Waals surface area contributed by atoms with Gasteiger partial charge in [-0.3, -0.25) is 0 Å². The lowest BCUT2D eigenvalue weighted by Gasteiger charge is -2.13. The summed E-state index contributed by atoms with van der Waals surface area (Å²) in [5, 5.41) is 0. The Labute approximate surface area is 114 Å². The van der Waals surface area contributed by atoms with Gasteiger partial charge in [-0.25, -0.2) is 4.39 Å². The maximum atomic E-state index is 13.3. The number of rotatable bonds is 2. The summed E-state index contributed by atoms with van der Waals surface area (Å²) in [6.45, 7) is 1.87. The Morgan fingerprint density at radius 2 is 1.88 bits per heavy atom. The molecule has 17 heavy (non-hydrogen) atoms. The highest BCUT2D eigenvalue weighted by molar-refractivity contribution is 14.1. The predicted octanol–water partition coefficient (Wildman–Crippen LogP) is 3.79. The molecular formula is C14H13FIN. The van der Waals surface area contributed by atoms with Crippen LogP contribution < -0.4 is 5.73 Å². The second-order valence-electron chi connectivity index (χ2n) is 4.09. The highest BCUT2D eigenvalue weighted by Gasteiger charge is 2.10. The van der Waals surface area contributed by atoms with Gasteiger partial charge in [0.05, 0.1) is 6.04 Å². The van der Waals surface area contributed by atoms with E-state index in [1.54, 1.807) is 0 Å². The van der Waals surface area contributed by atoms with E-state index in [0.717, 1.165) is 20.3 Å². The van der Waals surface area contributed by atoms with Crippen LogP contribution >= 0.6 is 22.6 Å². The Morgan fingerprint density at radius 1 is 1.12 bits per heavy atom. The first-order valence-corrected chi connectivity index (χ1v) is 6.42. The van der Waals surface area contributed by atoms with Crippen LogP contribution in [0.3, 0.4) is 0 Å². The summed E-state index contributed by atoms with van der Waals surface area (Å²) in [4.78, 5) is 0. The lowest BCUT2D eigenvalue weighted by atomic mass is 9.98. The van der Waals surface area contributed by atoms with Crippen LogP contribution in [0.15, 0.2) is 42.5 Å². The minimum absolute atomic E-state index is 0.235. The van der Waals surface area contributed by atoms with Crippen molar-refractivity contribution < 1.29 is 4.39 Å². The van der Waals surface area contributed by atoms with Gasteiger partial charge in [0, 0.05) is 3.57 Å². The van der Waals surface area contributed by atoms with Crippen molar-refractivity contribution >= 4 is 22.6 Å². The molecule has 1 atom stereocenters. The summed E-state index contributed by atoms with van der Waals surface area (Å²) in [6.07, 6.45) is 0. The van der Waals surface area contributed by atoms with Crippen molar-refractivity contribution in [1.29, 1.82) is 0 Å². The van der Waals surface area contributed by atoms with Crippen LogP contribution in [-0.2, 0) is 0 Å². The molecule has 0 aliphatic carbocycles. The molecule has 0 radical (unpaired) electrons. The topological polar surface area (TPSA) is 26.0 Å². The molecule has 0 fully saturated rings. The van der Waals surface area contributed by atoms with Crippen LogP contribution in [0.4, 0.5) is 4.39 Å². The Hall–Kier alpha value is -0.940. The average molecular weight is 341 g/mol. The second-order valence-corrected chi connectivity index (χ2v) is 5.34. The van der Waals surface area contributed by atoms with E-state index in [-0.39, 0.29) is 11.9 Å². The normalized spacial score (nSPS) is 12.5. The van der Waals surface area contributed by atoms with Gasteiger partial charge in [0.15, 0.2) is 0 Å². The third-order valence-corrected chi connectivity index (χ3v) is 3.30. The zero-order chi connectivity index (χ0) is 12.4. The lowest BCUT2D eigenvalue weighted by Crippen LogP contribution is -2.12. The zero-order valence-corrected chi connectivity index (χ0v) is 11.6. The number of benzene rings is 2. The highest BCUT2D eigenvalue weighted by atomic mass is 127. The van der Waals surface area contributed by atoms with Gasteiger partial charge in [0.1, 0.15) is 5.82 Å². The summed E-state index contributed by atoms with van der Waals surface area (Å²) in [7, 11) is 0. The van der Waals surface area contributed by atoms with E-state index in [4.69, 9.17) is 5.73 Å². The van der Waals surface area contributed by atoms with Gasteiger partial charge < -0.3 is 5.73 Å². The largest absolute Gasteiger partial charge is 0.320 e. The molecule has 0 aromatic heterocycles. The number of aryl methyl sites for hydroxylation is 1. The molecule has 0 saturated heterocycles. The summed E-state index contributed by atoms with van der Waals surface area (Å²) in [5.74, 6) is -0.235. The van der Waals surface area contributed by atoms with E-state index in [9.17, 15) is 4.39 Å². The smallest absolute Gasteiger partial charge is 0.123 e. The van der Waals surface area contributed by atoms with Crippen molar-refractivity contribution in [2.75, 3.05) is 0 Å². The van der Waals surface area contributed by atoms with Crippen molar-refractivity contribution in [3.05, 3.63) is 68.5 Å². The molecule has 0 heterocycles. The van der Waals surface area contributed by atoms with E-state index < -0.39 is 0 Å². The van der Waals surface area contributed by atoms with Crippen molar-refractivity contribution in [1.82, 2.24) is 0 Å². The molecule has 1 unspecified atom stereocenters. The number of hydrogen-bond donors (Lipinski definition) is 1. The van der Waals surface area contributed by atoms with Gasteiger partial charge in [-0.15, -0.1) is 0 Å². The molecule has 2 rings (SSSR count). The monoisotopic (exact) mass is 341 g/mol. The predicted molar refractivity (Wildman–Crippen MR) is 76.3 cm³/mol. The third kappa shape index (κ3) is 3.04. The summed E-state index contributed by atoms with van der Waals surface area (Å²) in [5.41, 5.74) is 8.85. The van der Waals surface area contributed by atoms with Gasteiger partial charge >= 0.3 is 0 Å². The van der Waals surface area contributed by atoms with E-state index in [0.29, 0.717) is 0 Å². The Morgan fingerprint density at radius 3 is 2.53 bits per heavy atom. The molecule has 0 saturated carbocycles. The second kappa shape index (κ2) is 5.14. The van der Waals surface area contributed by atoms with E-state index in [1.807, 2.05) is 37.3 Å². The van der Waals surface area contributed by atoms with Crippen LogP contribution in [0, 0.1) is 16.3 Å². The number of nitrogens with two attached hydrogens (primary N) is 1. The highest BCUT2D eigenvalue weighted by Crippen LogP contribution is 2.22. The van der Waals surface area contributed by atoms with Gasteiger partial charge in [0.25, 0.3) is 0 Å². The minimum atomic E-state index is -0.279. The van der Waals surface area contributed by atoms with Crippen LogP contribution in [0.5, 0.6) is 0 Å². The molecule has 1 nitrogen and oxygen atoms in total. The van der Waals surface area contributed by atoms with Gasteiger partial charge in [-0.1, -0.05) is 18.2 Å². The molecule has 2 N–H and O–H groups in total. The molecule has 0 amide bonds. The first-order valence-electron chi connectivity index (χ1n) is 5.34. The SMILES string of the molecule is Cc1cc(F)cc(C(N)c2cccc(I)c2)c1. The van der Waals surface area contributed by atoms with Crippen molar-refractivity contribution in [3.8, 4) is 0 Å². The third-order valence-electron chi connectivity index (χ3n) is 2.63. The minimum Gasteiger partial charge on any atom is -0.320 e. The van der Waals surface area contributed by atoms with Crippen LogP contribution in [0.2, 0.25) is 0 Å². The molecule has 0 aliphatic rings. The maximum absolute atomic E-state index is 13.3. The number of halogens is 2. The Kier molecular flexibility index (Phi) is 3.79. The first-order chi connectivity index (χ1) is 8.06. The fourth-order valence-corrected chi connectivity index (χ4v) is 2.40. The fourth-order valence-electron chi connectivity index (χ4n) is 1.84. The van der Waals surface area contributed by atoms with Gasteiger partial charge in [-0.05, 0) is 70.5 Å². The molecular weight excluding hydrogens is 328 g/mol. The molecule has 2 aromatic rings. The standard InChI is InChI=1S/C14H13FIN/c1-9-5-11(7-12(15)6-9)14(17)10-3-2-4-13(16)8-10/h2-8,14H,17H2,1H3. The molecule has 0 bridgehead atoms. The Bertz CT molecular complexity index is 519. The zero-order valence-electron chi connectivity index (χ0n) is 9.45. The van der Waals surface area contributed by atoms with Crippen molar-refractivity contribution in [2.45, 2.75) is 13.0 Å². The number of hydrogen-bond acceptors (Lipinski definition) is 1. The molecule has 3 heteroatoms. The van der Waals surface area contributed by atoms with Gasteiger partial charge in [-0.2, -0.15) is 0 Å². The Balaban J connectivity index is 2.39. The average Bonchev–Trinajstić information content (AvgIpc) is 2.26.